The number of amides is 1. The first-order chi connectivity index (χ1) is 14.1. The normalized spacial score (nSPS) is 16.1. The van der Waals surface area contributed by atoms with Gasteiger partial charge in [-0.1, -0.05) is 67.2 Å². The van der Waals surface area contributed by atoms with Gasteiger partial charge in [-0.15, -0.1) is 0 Å². The van der Waals surface area contributed by atoms with E-state index in [1.54, 1.807) is 17.2 Å². The van der Waals surface area contributed by atoms with Gasteiger partial charge in [-0.05, 0) is 23.3 Å². The molecule has 2 aromatic carbocycles. The summed E-state index contributed by atoms with van der Waals surface area (Å²) in [6.07, 6.45) is 2.40. The third-order valence-electron chi connectivity index (χ3n) is 5.30. The van der Waals surface area contributed by atoms with Crippen LogP contribution in [0.2, 0.25) is 0 Å². The number of carbonyl (C=O) groups is 2. The Morgan fingerprint density at radius 3 is 2.45 bits per heavy atom. The van der Waals surface area contributed by atoms with Crippen LogP contribution in [0.25, 0.3) is 5.57 Å². The van der Waals surface area contributed by atoms with Gasteiger partial charge in [0.2, 0.25) is 5.91 Å². The quantitative estimate of drug-likeness (QED) is 0.593. The number of ketones is 1. The number of benzene rings is 2. The lowest BCUT2D eigenvalue weighted by Gasteiger charge is -2.18. The average Bonchev–Trinajstić information content (AvgIpc) is 3.16. The molecule has 3 aromatic rings. The highest BCUT2D eigenvalue weighted by atomic mass is 16.2. The summed E-state index contributed by atoms with van der Waals surface area (Å²) in [4.78, 5) is 31.4. The maximum atomic E-state index is 12.6. The summed E-state index contributed by atoms with van der Waals surface area (Å²) in [5.41, 5.74) is 3.74. The Hall–Kier alpha value is -3.53. The van der Waals surface area contributed by atoms with Crippen LogP contribution in [0.1, 0.15) is 29.2 Å². The fraction of sp³-hybridized carbons (Fsp3) is 0.160. The molecule has 29 heavy (non-hydrogen) atoms. The predicted molar refractivity (Wildman–Crippen MR) is 115 cm³/mol. The van der Waals surface area contributed by atoms with E-state index in [4.69, 9.17) is 0 Å². The molecule has 1 saturated heterocycles. The number of nitrogens with zero attached hydrogens (tertiary/aromatic N) is 2. The second-order valence-corrected chi connectivity index (χ2v) is 7.28. The van der Waals surface area contributed by atoms with Crippen molar-refractivity contribution < 1.29 is 9.59 Å². The van der Waals surface area contributed by atoms with Gasteiger partial charge >= 0.3 is 0 Å². The van der Waals surface area contributed by atoms with Crippen molar-refractivity contribution in [2.75, 3.05) is 11.4 Å². The molecule has 1 aromatic heterocycles. The number of Topliss-reactive ketones (excluding diaryl/α,β-unsaturated/α-hetero) is 1. The van der Waals surface area contributed by atoms with Gasteiger partial charge < -0.3 is 4.90 Å². The Morgan fingerprint density at radius 1 is 1.03 bits per heavy atom. The Bertz CT molecular complexity index is 1040. The fourth-order valence-electron chi connectivity index (χ4n) is 3.69. The summed E-state index contributed by atoms with van der Waals surface area (Å²) in [7, 11) is 0. The third kappa shape index (κ3) is 4.16. The lowest BCUT2D eigenvalue weighted by atomic mass is 9.98. The SMILES string of the molecule is C=C(C(=O)Cc1ccccc1)c1cc(N2CC(c3ccccc3)CC2=O)ccn1. The summed E-state index contributed by atoms with van der Waals surface area (Å²) >= 11 is 0. The van der Waals surface area contributed by atoms with Crippen molar-refractivity contribution in [1.82, 2.24) is 4.98 Å². The highest BCUT2D eigenvalue weighted by Gasteiger charge is 2.31. The van der Waals surface area contributed by atoms with E-state index in [9.17, 15) is 9.59 Å². The van der Waals surface area contributed by atoms with Crippen molar-refractivity contribution in [3.63, 3.8) is 0 Å². The molecular weight excluding hydrogens is 360 g/mol. The molecule has 4 nitrogen and oxygen atoms in total. The molecule has 0 saturated carbocycles. The van der Waals surface area contributed by atoms with E-state index in [0.29, 0.717) is 24.2 Å². The van der Waals surface area contributed by atoms with Crippen LogP contribution in [0.15, 0.2) is 85.6 Å². The lowest BCUT2D eigenvalue weighted by Crippen LogP contribution is -2.24. The number of hydrogen-bond acceptors (Lipinski definition) is 3. The van der Waals surface area contributed by atoms with E-state index in [1.165, 1.54) is 5.56 Å². The van der Waals surface area contributed by atoms with E-state index in [1.807, 2.05) is 54.6 Å². The van der Waals surface area contributed by atoms with Crippen molar-refractivity contribution in [1.29, 1.82) is 0 Å². The number of hydrogen-bond donors (Lipinski definition) is 0. The van der Waals surface area contributed by atoms with Crippen molar-refractivity contribution in [3.8, 4) is 0 Å². The summed E-state index contributed by atoms with van der Waals surface area (Å²) in [6.45, 7) is 4.58. The van der Waals surface area contributed by atoms with Gasteiger partial charge in [0, 0.05) is 42.8 Å². The van der Waals surface area contributed by atoms with Crippen LogP contribution in [0.5, 0.6) is 0 Å². The monoisotopic (exact) mass is 382 g/mol. The van der Waals surface area contributed by atoms with Crippen LogP contribution < -0.4 is 4.90 Å². The van der Waals surface area contributed by atoms with Gasteiger partial charge in [-0.25, -0.2) is 0 Å². The third-order valence-corrected chi connectivity index (χ3v) is 5.30. The van der Waals surface area contributed by atoms with Gasteiger partial charge in [0.15, 0.2) is 5.78 Å². The minimum Gasteiger partial charge on any atom is -0.312 e. The standard InChI is InChI=1S/C25H22N2O2/c1-18(24(28)14-19-8-4-2-5-9-19)23-16-22(12-13-26-23)27-17-21(15-25(27)29)20-10-6-3-7-11-20/h2-13,16,21H,1,14-15,17H2. The van der Waals surface area contributed by atoms with Crippen LogP contribution in [0.3, 0.4) is 0 Å². The number of anilines is 1. The maximum absolute atomic E-state index is 12.6. The molecule has 2 heterocycles. The molecule has 0 N–H and O–H groups in total. The second-order valence-electron chi connectivity index (χ2n) is 7.28. The minimum absolute atomic E-state index is 0.0734. The molecule has 1 unspecified atom stereocenters. The molecule has 0 bridgehead atoms. The molecule has 144 valence electrons. The number of aromatic nitrogens is 1. The minimum atomic E-state index is -0.0734. The molecule has 1 aliphatic heterocycles. The number of pyridine rings is 1. The van der Waals surface area contributed by atoms with Crippen LogP contribution in [0, 0.1) is 0 Å². The Labute approximate surface area is 170 Å². The second kappa shape index (κ2) is 8.23. The molecule has 1 fully saturated rings. The molecule has 1 atom stereocenters. The zero-order chi connectivity index (χ0) is 20.2. The zero-order valence-electron chi connectivity index (χ0n) is 16.1. The van der Waals surface area contributed by atoms with Gasteiger partial charge in [-0.3, -0.25) is 14.6 Å². The highest BCUT2D eigenvalue weighted by Crippen LogP contribution is 2.32. The zero-order valence-corrected chi connectivity index (χ0v) is 16.1. The lowest BCUT2D eigenvalue weighted by molar-refractivity contribution is -0.117. The van der Waals surface area contributed by atoms with Crippen LogP contribution in [-0.4, -0.2) is 23.2 Å². The topological polar surface area (TPSA) is 50.3 Å². The van der Waals surface area contributed by atoms with Crippen LogP contribution in [-0.2, 0) is 16.0 Å². The molecule has 4 heteroatoms. The predicted octanol–water partition coefficient (Wildman–Crippen LogP) is 4.43. The Morgan fingerprint density at radius 2 is 1.72 bits per heavy atom. The van der Waals surface area contributed by atoms with Gasteiger partial charge in [-0.2, -0.15) is 0 Å². The van der Waals surface area contributed by atoms with Crippen molar-refractivity contribution >= 4 is 23.0 Å². The first kappa shape index (κ1) is 18.8. The first-order valence-electron chi connectivity index (χ1n) is 9.69. The van der Waals surface area contributed by atoms with Crippen LogP contribution in [0.4, 0.5) is 5.69 Å². The van der Waals surface area contributed by atoms with Crippen molar-refractivity contribution in [2.45, 2.75) is 18.8 Å². The largest absolute Gasteiger partial charge is 0.312 e. The maximum Gasteiger partial charge on any atom is 0.227 e. The summed E-state index contributed by atoms with van der Waals surface area (Å²) < 4.78 is 0. The van der Waals surface area contributed by atoms with Crippen LogP contribution >= 0.6 is 0 Å². The van der Waals surface area contributed by atoms with Gasteiger partial charge in [0.25, 0.3) is 0 Å². The van der Waals surface area contributed by atoms with Crippen molar-refractivity contribution in [2.24, 2.45) is 0 Å². The molecule has 0 radical (unpaired) electrons. The summed E-state index contributed by atoms with van der Waals surface area (Å²) in [5.74, 6) is 0.177. The van der Waals surface area contributed by atoms with E-state index >= 15 is 0 Å². The highest BCUT2D eigenvalue weighted by molar-refractivity contribution is 6.20. The van der Waals surface area contributed by atoms with E-state index in [-0.39, 0.29) is 24.0 Å². The van der Waals surface area contributed by atoms with E-state index in [2.05, 4.69) is 23.7 Å². The Balaban J connectivity index is 1.50. The number of allylic oxidation sites excluding steroid dienone is 1. The van der Waals surface area contributed by atoms with E-state index in [0.717, 1.165) is 11.3 Å². The molecule has 1 amide bonds. The summed E-state index contributed by atoms with van der Waals surface area (Å²) in [5, 5.41) is 0. The molecule has 0 spiro atoms. The number of rotatable bonds is 6. The van der Waals surface area contributed by atoms with Gasteiger partial charge in [0.1, 0.15) is 0 Å². The van der Waals surface area contributed by atoms with Crippen molar-refractivity contribution in [3.05, 3.63) is 102 Å². The smallest absolute Gasteiger partial charge is 0.227 e. The summed E-state index contributed by atoms with van der Waals surface area (Å²) in [6, 6.07) is 23.3. The van der Waals surface area contributed by atoms with Gasteiger partial charge in [0.05, 0.1) is 5.69 Å². The number of carbonyl (C=O) groups excluding carboxylic acids is 2. The van der Waals surface area contributed by atoms with E-state index < -0.39 is 0 Å². The molecular formula is C25H22N2O2. The first-order valence-corrected chi connectivity index (χ1v) is 9.69. The average molecular weight is 382 g/mol. The molecule has 4 rings (SSSR count). The fourth-order valence-corrected chi connectivity index (χ4v) is 3.69. The molecule has 0 aliphatic carbocycles. The Kier molecular flexibility index (Phi) is 5.34. The molecule has 1 aliphatic rings.